The van der Waals surface area contributed by atoms with Crippen molar-refractivity contribution in [2.24, 2.45) is 0 Å². The van der Waals surface area contributed by atoms with Crippen molar-refractivity contribution in [3.63, 3.8) is 0 Å². The minimum absolute atomic E-state index is 0.111. The summed E-state index contributed by atoms with van der Waals surface area (Å²) in [5.41, 5.74) is 8.06. The minimum atomic E-state index is -1.04. The molecule has 0 saturated heterocycles. The number of benzene rings is 1. The number of aromatic amines is 1. The molecular formula is C12H11ClN2O2. The van der Waals surface area contributed by atoms with Crippen molar-refractivity contribution in [1.82, 2.24) is 4.98 Å². The second-order valence-corrected chi connectivity index (χ2v) is 4.17. The van der Waals surface area contributed by atoms with Gasteiger partial charge in [-0.3, -0.25) is 0 Å². The molecule has 0 fully saturated rings. The lowest BCUT2D eigenvalue weighted by Gasteiger charge is -2.01. The van der Waals surface area contributed by atoms with E-state index < -0.39 is 5.97 Å². The maximum absolute atomic E-state index is 11.0. The van der Waals surface area contributed by atoms with Gasteiger partial charge in [0.1, 0.15) is 5.56 Å². The van der Waals surface area contributed by atoms with Crippen LogP contribution in [0.5, 0.6) is 0 Å². The Morgan fingerprint density at radius 1 is 1.47 bits per heavy atom. The zero-order chi connectivity index (χ0) is 12.6. The van der Waals surface area contributed by atoms with Gasteiger partial charge in [-0.1, -0.05) is 23.7 Å². The number of hydrogen-bond donors (Lipinski definition) is 3. The number of nitrogen functional groups attached to an aromatic ring is 1. The third kappa shape index (κ3) is 1.99. The van der Waals surface area contributed by atoms with Gasteiger partial charge in [0, 0.05) is 16.3 Å². The first-order chi connectivity index (χ1) is 8.00. The largest absolute Gasteiger partial charge is 0.478 e. The highest BCUT2D eigenvalue weighted by Crippen LogP contribution is 2.31. The Labute approximate surface area is 103 Å². The Hall–Kier alpha value is -1.94. The summed E-state index contributed by atoms with van der Waals surface area (Å²) in [5, 5.41) is 9.61. The molecule has 5 heteroatoms. The van der Waals surface area contributed by atoms with Crippen molar-refractivity contribution >= 4 is 23.3 Å². The second-order valence-electron chi connectivity index (χ2n) is 3.73. The van der Waals surface area contributed by atoms with Crippen LogP contribution in [-0.4, -0.2) is 16.1 Å². The predicted octanol–water partition coefficient (Wildman–Crippen LogP) is 2.92. The number of anilines is 1. The number of carboxylic acids is 1. The Balaban J connectivity index is 2.62. The van der Waals surface area contributed by atoms with E-state index >= 15 is 0 Å². The van der Waals surface area contributed by atoms with Gasteiger partial charge in [0.15, 0.2) is 0 Å². The van der Waals surface area contributed by atoms with E-state index in [4.69, 9.17) is 22.4 Å². The second kappa shape index (κ2) is 4.14. The van der Waals surface area contributed by atoms with E-state index in [9.17, 15) is 4.79 Å². The summed E-state index contributed by atoms with van der Waals surface area (Å²) >= 11 is 5.89. The standard InChI is InChI=1S/C12H11ClN2O2/c1-6-9(12(16)17)10(14)11(15-6)7-3-2-4-8(13)5-7/h2-5,15H,14H2,1H3,(H,16,17). The summed E-state index contributed by atoms with van der Waals surface area (Å²) < 4.78 is 0. The molecule has 0 aliphatic rings. The van der Waals surface area contributed by atoms with E-state index in [2.05, 4.69) is 4.98 Å². The Morgan fingerprint density at radius 3 is 2.71 bits per heavy atom. The van der Waals surface area contributed by atoms with Crippen molar-refractivity contribution in [1.29, 1.82) is 0 Å². The molecule has 1 aromatic carbocycles. The van der Waals surface area contributed by atoms with Gasteiger partial charge in [-0.15, -0.1) is 0 Å². The van der Waals surface area contributed by atoms with Crippen LogP contribution in [0.2, 0.25) is 5.02 Å². The molecule has 4 nitrogen and oxygen atoms in total. The van der Waals surface area contributed by atoms with Gasteiger partial charge in [-0.05, 0) is 19.1 Å². The van der Waals surface area contributed by atoms with Crippen molar-refractivity contribution in [3.8, 4) is 11.3 Å². The fourth-order valence-corrected chi connectivity index (χ4v) is 1.98. The van der Waals surface area contributed by atoms with E-state index in [0.717, 1.165) is 5.56 Å². The van der Waals surface area contributed by atoms with Crippen LogP contribution < -0.4 is 5.73 Å². The number of rotatable bonds is 2. The van der Waals surface area contributed by atoms with Gasteiger partial charge in [0.05, 0.1) is 11.4 Å². The van der Waals surface area contributed by atoms with Crippen LogP contribution in [0.25, 0.3) is 11.3 Å². The Morgan fingerprint density at radius 2 is 2.18 bits per heavy atom. The monoisotopic (exact) mass is 250 g/mol. The van der Waals surface area contributed by atoms with E-state index in [1.54, 1.807) is 25.1 Å². The lowest BCUT2D eigenvalue weighted by molar-refractivity contribution is 0.0697. The molecule has 1 heterocycles. The number of nitrogens with one attached hydrogen (secondary N) is 1. The van der Waals surface area contributed by atoms with Gasteiger partial charge in [-0.25, -0.2) is 4.79 Å². The first-order valence-electron chi connectivity index (χ1n) is 4.98. The van der Waals surface area contributed by atoms with E-state index in [0.29, 0.717) is 16.4 Å². The summed E-state index contributed by atoms with van der Waals surface area (Å²) in [6.45, 7) is 1.67. The van der Waals surface area contributed by atoms with Crippen LogP contribution in [0.4, 0.5) is 5.69 Å². The molecule has 0 atom stereocenters. The number of aromatic nitrogens is 1. The lowest BCUT2D eigenvalue weighted by atomic mass is 10.1. The molecule has 2 rings (SSSR count). The normalized spacial score (nSPS) is 10.5. The number of aryl methyl sites for hydroxylation is 1. The molecular weight excluding hydrogens is 240 g/mol. The van der Waals surface area contributed by atoms with Crippen molar-refractivity contribution in [2.45, 2.75) is 6.92 Å². The minimum Gasteiger partial charge on any atom is -0.478 e. The van der Waals surface area contributed by atoms with E-state index in [1.165, 1.54) is 0 Å². The first kappa shape index (κ1) is 11.5. The van der Waals surface area contributed by atoms with Crippen LogP contribution in [0.1, 0.15) is 16.1 Å². The summed E-state index contributed by atoms with van der Waals surface area (Å²) in [4.78, 5) is 14.0. The van der Waals surface area contributed by atoms with Gasteiger partial charge >= 0.3 is 5.97 Å². The summed E-state index contributed by atoms with van der Waals surface area (Å²) in [7, 11) is 0. The predicted molar refractivity (Wildman–Crippen MR) is 67.3 cm³/mol. The Kier molecular flexibility index (Phi) is 2.81. The molecule has 4 N–H and O–H groups in total. The van der Waals surface area contributed by atoms with Gasteiger partial charge in [0.2, 0.25) is 0 Å². The molecule has 88 valence electrons. The summed E-state index contributed by atoms with van der Waals surface area (Å²) in [6, 6.07) is 7.08. The van der Waals surface area contributed by atoms with Crippen LogP contribution in [0, 0.1) is 6.92 Å². The molecule has 0 aliphatic heterocycles. The third-order valence-electron chi connectivity index (χ3n) is 2.55. The van der Waals surface area contributed by atoms with E-state index in [-0.39, 0.29) is 11.3 Å². The summed E-state index contributed by atoms with van der Waals surface area (Å²) in [6.07, 6.45) is 0. The first-order valence-corrected chi connectivity index (χ1v) is 5.35. The highest BCUT2D eigenvalue weighted by molar-refractivity contribution is 6.30. The number of carbonyl (C=O) groups is 1. The molecule has 0 bridgehead atoms. The molecule has 0 radical (unpaired) electrons. The maximum Gasteiger partial charge on any atom is 0.339 e. The molecule has 0 saturated carbocycles. The molecule has 17 heavy (non-hydrogen) atoms. The summed E-state index contributed by atoms with van der Waals surface area (Å²) in [5.74, 6) is -1.04. The molecule has 0 unspecified atom stereocenters. The fraction of sp³-hybridized carbons (Fsp3) is 0.0833. The number of carboxylic acid groups (broad SMARTS) is 1. The van der Waals surface area contributed by atoms with Crippen molar-refractivity contribution in [3.05, 3.63) is 40.5 Å². The smallest absolute Gasteiger partial charge is 0.339 e. The zero-order valence-electron chi connectivity index (χ0n) is 9.12. The SMILES string of the molecule is Cc1[nH]c(-c2cccc(Cl)c2)c(N)c1C(=O)O. The molecule has 0 spiro atoms. The average Bonchev–Trinajstić information content (AvgIpc) is 2.54. The van der Waals surface area contributed by atoms with Crippen LogP contribution in [-0.2, 0) is 0 Å². The fourth-order valence-electron chi connectivity index (χ4n) is 1.79. The molecule has 0 amide bonds. The van der Waals surface area contributed by atoms with Gasteiger partial charge in [0.25, 0.3) is 0 Å². The third-order valence-corrected chi connectivity index (χ3v) is 2.79. The highest BCUT2D eigenvalue weighted by atomic mass is 35.5. The maximum atomic E-state index is 11.0. The quantitative estimate of drug-likeness (QED) is 0.767. The number of hydrogen-bond acceptors (Lipinski definition) is 2. The highest BCUT2D eigenvalue weighted by Gasteiger charge is 2.19. The average molecular weight is 251 g/mol. The van der Waals surface area contributed by atoms with Crippen LogP contribution in [0.3, 0.4) is 0 Å². The van der Waals surface area contributed by atoms with Crippen LogP contribution >= 0.6 is 11.6 Å². The van der Waals surface area contributed by atoms with E-state index in [1.807, 2.05) is 6.07 Å². The molecule has 1 aromatic heterocycles. The zero-order valence-corrected chi connectivity index (χ0v) is 9.88. The van der Waals surface area contributed by atoms with Crippen LogP contribution in [0.15, 0.2) is 24.3 Å². The van der Waals surface area contributed by atoms with Crippen molar-refractivity contribution < 1.29 is 9.90 Å². The van der Waals surface area contributed by atoms with Gasteiger partial charge in [-0.2, -0.15) is 0 Å². The Bertz CT molecular complexity index is 590. The number of aromatic carboxylic acids is 1. The van der Waals surface area contributed by atoms with Crippen molar-refractivity contribution in [2.75, 3.05) is 5.73 Å². The molecule has 0 aliphatic carbocycles. The number of halogens is 1. The lowest BCUT2D eigenvalue weighted by Crippen LogP contribution is -2.01. The number of nitrogens with two attached hydrogens (primary N) is 1. The number of H-pyrrole nitrogens is 1. The topological polar surface area (TPSA) is 79.1 Å². The molecule has 2 aromatic rings. The van der Waals surface area contributed by atoms with Gasteiger partial charge < -0.3 is 15.8 Å².